The molecular weight excluding hydrogens is 297 g/mol. The first kappa shape index (κ1) is 15.2. The number of hydrogen-bond donors (Lipinski definition) is 1. The van der Waals surface area contributed by atoms with Gasteiger partial charge in [-0.15, -0.1) is 0 Å². The van der Waals surface area contributed by atoms with Crippen molar-refractivity contribution in [1.29, 1.82) is 0 Å². The second kappa shape index (κ2) is 6.22. The summed E-state index contributed by atoms with van der Waals surface area (Å²) >= 11 is 0. The molecule has 118 valence electrons. The van der Waals surface area contributed by atoms with Gasteiger partial charge in [0.25, 0.3) is 5.56 Å². The van der Waals surface area contributed by atoms with Gasteiger partial charge in [-0.05, 0) is 41.3 Å². The molecule has 0 aliphatic rings. The molecule has 0 atom stereocenters. The first-order valence-electron chi connectivity index (χ1n) is 7.20. The van der Waals surface area contributed by atoms with E-state index in [0.29, 0.717) is 5.75 Å². The van der Waals surface area contributed by atoms with Crippen LogP contribution in [0.2, 0.25) is 0 Å². The molecule has 2 aromatic carbocycles. The van der Waals surface area contributed by atoms with Crippen LogP contribution in [0.15, 0.2) is 53.3 Å². The van der Waals surface area contributed by atoms with Crippen LogP contribution in [0.4, 0.5) is 4.39 Å². The molecule has 4 nitrogen and oxygen atoms in total. The van der Waals surface area contributed by atoms with Crippen LogP contribution < -0.4 is 10.3 Å². The van der Waals surface area contributed by atoms with Crippen molar-refractivity contribution in [3.8, 4) is 5.75 Å². The maximum atomic E-state index is 13.6. The number of fused-ring (bicyclic) bond motifs is 1. The number of aromatic nitrogens is 1. The zero-order valence-electron chi connectivity index (χ0n) is 12.6. The van der Waals surface area contributed by atoms with E-state index in [0.717, 1.165) is 16.5 Å². The molecule has 0 radical (unpaired) electrons. The molecule has 0 saturated carbocycles. The molecule has 0 aliphatic heterocycles. The van der Waals surface area contributed by atoms with Gasteiger partial charge in [-0.1, -0.05) is 12.1 Å². The Bertz CT molecular complexity index is 918. The summed E-state index contributed by atoms with van der Waals surface area (Å²) in [6.07, 6.45) is 0. The molecule has 1 heterocycles. The second-order valence-electron chi connectivity index (χ2n) is 5.29. The Balaban J connectivity index is 1.87. The van der Waals surface area contributed by atoms with E-state index in [9.17, 15) is 14.3 Å². The van der Waals surface area contributed by atoms with Crippen LogP contribution in [-0.2, 0) is 20.3 Å². The number of aliphatic hydroxyl groups is 1. The van der Waals surface area contributed by atoms with Crippen molar-refractivity contribution >= 4 is 10.9 Å². The van der Waals surface area contributed by atoms with Crippen molar-refractivity contribution in [3.63, 3.8) is 0 Å². The van der Waals surface area contributed by atoms with Gasteiger partial charge in [-0.25, -0.2) is 4.39 Å². The monoisotopic (exact) mass is 313 g/mol. The lowest BCUT2D eigenvalue weighted by Gasteiger charge is -2.12. The quantitative estimate of drug-likeness (QED) is 0.806. The smallest absolute Gasteiger partial charge is 0.250 e. The molecule has 0 fully saturated rings. The molecule has 5 heteroatoms. The van der Waals surface area contributed by atoms with Crippen LogP contribution in [0.25, 0.3) is 10.9 Å². The van der Waals surface area contributed by atoms with E-state index in [4.69, 9.17) is 4.74 Å². The maximum Gasteiger partial charge on any atom is 0.250 e. The fourth-order valence-electron chi connectivity index (χ4n) is 2.51. The number of aliphatic hydroxyl groups excluding tert-OH is 1. The topological polar surface area (TPSA) is 51.5 Å². The van der Waals surface area contributed by atoms with E-state index < -0.39 is 12.4 Å². The minimum absolute atomic E-state index is 0.0613. The third kappa shape index (κ3) is 2.96. The van der Waals surface area contributed by atoms with Crippen LogP contribution in [0.1, 0.15) is 11.1 Å². The van der Waals surface area contributed by atoms with Crippen LogP contribution in [0.3, 0.4) is 0 Å². The third-order valence-corrected chi connectivity index (χ3v) is 3.82. The van der Waals surface area contributed by atoms with Crippen molar-refractivity contribution in [3.05, 3.63) is 75.8 Å². The van der Waals surface area contributed by atoms with Crippen molar-refractivity contribution in [2.45, 2.75) is 13.2 Å². The standard InChI is InChI=1S/C18H16FNO3/c1-20-16-7-5-12(9-13(16)6-8-18(20)22)11-23-17-4-2-3-15(19)14(17)10-21/h2-9,21H,10-11H2,1H3. The molecule has 0 spiro atoms. The van der Waals surface area contributed by atoms with E-state index in [1.165, 1.54) is 12.1 Å². The minimum atomic E-state index is -0.487. The average molecular weight is 313 g/mol. The zero-order chi connectivity index (χ0) is 16.4. The summed E-state index contributed by atoms with van der Waals surface area (Å²) in [4.78, 5) is 11.6. The van der Waals surface area contributed by atoms with Gasteiger partial charge >= 0.3 is 0 Å². The van der Waals surface area contributed by atoms with Crippen LogP contribution >= 0.6 is 0 Å². The number of halogens is 1. The van der Waals surface area contributed by atoms with E-state index in [-0.39, 0.29) is 17.7 Å². The van der Waals surface area contributed by atoms with Gasteiger partial charge in [0.05, 0.1) is 17.7 Å². The number of aryl methyl sites for hydroxylation is 1. The molecular formula is C18H16FNO3. The fourth-order valence-corrected chi connectivity index (χ4v) is 2.51. The Morgan fingerprint density at radius 3 is 2.78 bits per heavy atom. The first-order chi connectivity index (χ1) is 11.1. The highest BCUT2D eigenvalue weighted by Gasteiger charge is 2.09. The summed E-state index contributed by atoms with van der Waals surface area (Å²) in [5.41, 5.74) is 1.82. The molecule has 1 aromatic heterocycles. The molecule has 0 amide bonds. The van der Waals surface area contributed by atoms with Crippen LogP contribution in [0, 0.1) is 5.82 Å². The van der Waals surface area contributed by atoms with Crippen molar-refractivity contribution < 1.29 is 14.2 Å². The summed E-state index contributed by atoms with van der Waals surface area (Å²) in [6, 6.07) is 13.4. The number of benzene rings is 2. The van der Waals surface area contributed by atoms with Crippen molar-refractivity contribution in [2.24, 2.45) is 7.05 Å². The molecule has 0 aliphatic carbocycles. The van der Waals surface area contributed by atoms with Crippen molar-refractivity contribution in [1.82, 2.24) is 4.57 Å². The van der Waals surface area contributed by atoms with Gasteiger partial charge in [0.15, 0.2) is 0 Å². The van der Waals surface area contributed by atoms with Gasteiger partial charge < -0.3 is 14.4 Å². The van der Waals surface area contributed by atoms with Gasteiger partial charge in [0.2, 0.25) is 0 Å². The van der Waals surface area contributed by atoms with Crippen LogP contribution in [-0.4, -0.2) is 9.67 Å². The van der Waals surface area contributed by atoms with Gasteiger partial charge in [-0.3, -0.25) is 4.79 Å². The predicted molar refractivity (Wildman–Crippen MR) is 85.8 cm³/mol. The summed E-state index contributed by atoms with van der Waals surface area (Å²) in [6.45, 7) is -0.170. The number of hydrogen-bond acceptors (Lipinski definition) is 3. The average Bonchev–Trinajstić information content (AvgIpc) is 2.56. The number of pyridine rings is 1. The Labute approximate surface area is 132 Å². The van der Waals surface area contributed by atoms with E-state index in [2.05, 4.69) is 0 Å². The van der Waals surface area contributed by atoms with Gasteiger partial charge in [0.1, 0.15) is 18.2 Å². The second-order valence-corrected chi connectivity index (χ2v) is 5.29. The highest BCUT2D eigenvalue weighted by molar-refractivity contribution is 5.79. The Hall–Kier alpha value is -2.66. The molecule has 3 aromatic rings. The van der Waals surface area contributed by atoms with Gasteiger partial charge in [0, 0.05) is 13.1 Å². The minimum Gasteiger partial charge on any atom is -0.488 e. The van der Waals surface area contributed by atoms with E-state index in [1.54, 1.807) is 29.8 Å². The first-order valence-corrected chi connectivity index (χ1v) is 7.20. The SMILES string of the molecule is Cn1c(=O)ccc2cc(COc3cccc(F)c3CO)ccc21. The zero-order valence-corrected chi connectivity index (χ0v) is 12.6. The van der Waals surface area contributed by atoms with Crippen molar-refractivity contribution in [2.75, 3.05) is 0 Å². The largest absolute Gasteiger partial charge is 0.488 e. The highest BCUT2D eigenvalue weighted by Crippen LogP contribution is 2.23. The fraction of sp³-hybridized carbons (Fsp3) is 0.167. The summed E-state index contributed by atoms with van der Waals surface area (Å²) < 4.78 is 20.8. The normalized spacial score (nSPS) is 10.9. The predicted octanol–water partition coefficient (Wildman–Crippen LogP) is 2.75. The van der Waals surface area contributed by atoms with Crippen LogP contribution in [0.5, 0.6) is 5.75 Å². The Kier molecular flexibility index (Phi) is 4.12. The molecule has 3 rings (SSSR count). The van der Waals surface area contributed by atoms with E-state index >= 15 is 0 Å². The number of ether oxygens (including phenoxy) is 1. The third-order valence-electron chi connectivity index (χ3n) is 3.82. The lowest BCUT2D eigenvalue weighted by atomic mass is 10.1. The Morgan fingerprint density at radius 2 is 2.00 bits per heavy atom. The number of rotatable bonds is 4. The molecule has 1 N–H and O–H groups in total. The Morgan fingerprint density at radius 1 is 1.17 bits per heavy atom. The molecule has 23 heavy (non-hydrogen) atoms. The lowest BCUT2D eigenvalue weighted by molar-refractivity contribution is 0.252. The molecule has 0 saturated heterocycles. The molecule has 0 bridgehead atoms. The van der Waals surface area contributed by atoms with Gasteiger partial charge in [-0.2, -0.15) is 0 Å². The maximum absolute atomic E-state index is 13.6. The number of nitrogens with zero attached hydrogens (tertiary/aromatic N) is 1. The lowest BCUT2D eigenvalue weighted by Crippen LogP contribution is -2.15. The van der Waals surface area contributed by atoms with E-state index in [1.807, 2.05) is 18.2 Å². The molecule has 0 unspecified atom stereocenters. The summed E-state index contributed by atoms with van der Waals surface area (Å²) in [7, 11) is 1.72. The summed E-state index contributed by atoms with van der Waals surface area (Å²) in [5.74, 6) is -0.161. The highest BCUT2D eigenvalue weighted by atomic mass is 19.1. The summed E-state index contributed by atoms with van der Waals surface area (Å²) in [5, 5.41) is 10.2.